The van der Waals surface area contributed by atoms with Crippen LogP contribution in [0.5, 0.6) is 0 Å². The third-order valence-corrected chi connectivity index (χ3v) is 6.30. The van der Waals surface area contributed by atoms with Crippen molar-refractivity contribution in [3.8, 4) is 0 Å². The van der Waals surface area contributed by atoms with Gasteiger partial charge in [-0.1, -0.05) is 0 Å². The van der Waals surface area contributed by atoms with Crippen molar-refractivity contribution >= 4 is 17.0 Å². The van der Waals surface area contributed by atoms with Gasteiger partial charge in [-0.05, 0) is 26.2 Å². The van der Waals surface area contributed by atoms with Crippen molar-refractivity contribution in [2.75, 3.05) is 0 Å². The smallest absolute Gasteiger partial charge is 0.337 e. The highest BCUT2D eigenvalue weighted by Crippen LogP contribution is 2.64. The number of nitrogens with zero attached hydrogens (tertiary/aromatic N) is 5. The van der Waals surface area contributed by atoms with Crippen molar-refractivity contribution < 1.29 is 18.7 Å². The summed E-state index contributed by atoms with van der Waals surface area (Å²) >= 11 is 0. The minimum atomic E-state index is -2.51. The Bertz CT molecular complexity index is 1130. The molecule has 2 fully saturated rings. The Balaban J connectivity index is 1.41. The second-order valence-electron chi connectivity index (χ2n) is 7.97. The monoisotopic (exact) mass is 399 g/mol. The van der Waals surface area contributed by atoms with E-state index in [1.54, 1.807) is 10.8 Å². The summed E-state index contributed by atoms with van der Waals surface area (Å²) in [4.78, 5) is 28.7. The molecule has 150 valence electrons. The zero-order chi connectivity index (χ0) is 20.3. The molecule has 2 saturated carbocycles. The van der Waals surface area contributed by atoms with Crippen LogP contribution in [-0.2, 0) is 6.54 Å². The average Bonchev–Trinajstić information content (AvgIpc) is 3.06. The number of halogens is 2. The van der Waals surface area contributed by atoms with E-state index in [1.807, 2.05) is 6.92 Å². The number of carboxylic acids is 1. The van der Waals surface area contributed by atoms with Crippen molar-refractivity contribution in [2.24, 2.45) is 11.8 Å². The Morgan fingerprint density at radius 2 is 2.10 bits per heavy atom. The Morgan fingerprint density at radius 1 is 1.28 bits per heavy atom. The lowest BCUT2D eigenvalue weighted by atomic mass is 9.88. The Morgan fingerprint density at radius 3 is 2.83 bits per heavy atom. The van der Waals surface area contributed by atoms with Crippen molar-refractivity contribution in [1.82, 2.24) is 24.5 Å². The number of rotatable bonds is 4. The van der Waals surface area contributed by atoms with Gasteiger partial charge in [-0.2, -0.15) is 0 Å². The van der Waals surface area contributed by atoms with Crippen LogP contribution < -0.4 is 0 Å². The Kier molecular flexibility index (Phi) is 3.91. The largest absolute Gasteiger partial charge is 0.478 e. The van der Waals surface area contributed by atoms with Gasteiger partial charge in [-0.3, -0.25) is 0 Å². The van der Waals surface area contributed by atoms with Gasteiger partial charge in [0.25, 0.3) is 5.92 Å². The molecular formula is C20H19F2N5O2. The average molecular weight is 399 g/mol. The number of aromatic carboxylic acids is 1. The van der Waals surface area contributed by atoms with Gasteiger partial charge in [0.1, 0.15) is 17.8 Å². The summed E-state index contributed by atoms with van der Waals surface area (Å²) in [6.45, 7) is 2.22. The lowest BCUT2D eigenvalue weighted by molar-refractivity contribution is 0.0698. The van der Waals surface area contributed by atoms with Gasteiger partial charge in [0.2, 0.25) is 0 Å². The molecule has 3 aromatic heterocycles. The number of fused-ring (bicyclic) bond motifs is 2. The second-order valence-corrected chi connectivity index (χ2v) is 7.97. The van der Waals surface area contributed by atoms with Crippen molar-refractivity contribution in [3.63, 3.8) is 0 Å². The molecule has 2 aliphatic rings. The fraction of sp³-hybridized carbons (Fsp3) is 0.450. The van der Waals surface area contributed by atoms with Crippen LogP contribution in [0.4, 0.5) is 8.78 Å². The Labute approximate surface area is 164 Å². The van der Waals surface area contributed by atoms with Gasteiger partial charge < -0.3 is 9.67 Å². The van der Waals surface area contributed by atoms with Gasteiger partial charge in [0.15, 0.2) is 0 Å². The summed E-state index contributed by atoms with van der Waals surface area (Å²) in [5, 5.41) is 9.88. The number of aryl methyl sites for hydroxylation is 1. The number of aromatic nitrogens is 5. The van der Waals surface area contributed by atoms with Crippen LogP contribution in [0.1, 0.15) is 52.6 Å². The fourth-order valence-electron chi connectivity index (χ4n) is 4.58. The normalized spacial score (nSPS) is 25.0. The highest BCUT2D eigenvalue weighted by molar-refractivity contribution is 6.02. The number of carbonyl (C=O) groups is 1. The van der Waals surface area contributed by atoms with Crippen LogP contribution >= 0.6 is 0 Å². The molecule has 7 nitrogen and oxygen atoms in total. The molecule has 1 N–H and O–H groups in total. The van der Waals surface area contributed by atoms with Crippen molar-refractivity contribution in [3.05, 3.63) is 47.6 Å². The molecule has 3 unspecified atom stereocenters. The van der Waals surface area contributed by atoms with E-state index in [2.05, 4.69) is 19.9 Å². The molecule has 2 aliphatic carbocycles. The highest BCUT2D eigenvalue weighted by Gasteiger charge is 2.69. The lowest BCUT2D eigenvalue weighted by Gasteiger charge is -2.19. The third kappa shape index (κ3) is 2.87. The first kappa shape index (κ1) is 18.1. The molecule has 3 heterocycles. The van der Waals surface area contributed by atoms with Gasteiger partial charge in [-0.25, -0.2) is 33.5 Å². The van der Waals surface area contributed by atoms with Crippen LogP contribution in [0.3, 0.4) is 0 Å². The zero-order valence-electron chi connectivity index (χ0n) is 15.7. The standard InChI is InChI=1S/C20H19F2N5O2/c1-10-12(7-27-8-14(19(28)29)13-6-23-9-25-18(13)27)5-24-17(26-10)11-2-3-15-16(4-11)20(15,21)22/h5-6,8-9,11,15-16H,2-4,7H2,1H3,(H,28,29). The number of hydrogen-bond donors (Lipinski definition) is 1. The Hall–Kier alpha value is -2.97. The summed E-state index contributed by atoms with van der Waals surface area (Å²) in [5.74, 6) is -3.94. The van der Waals surface area contributed by atoms with E-state index >= 15 is 0 Å². The minimum Gasteiger partial charge on any atom is -0.478 e. The molecular weight excluding hydrogens is 380 g/mol. The van der Waals surface area contributed by atoms with E-state index in [0.29, 0.717) is 42.7 Å². The van der Waals surface area contributed by atoms with Crippen LogP contribution in [0.15, 0.2) is 24.9 Å². The first-order valence-corrected chi connectivity index (χ1v) is 9.58. The fourth-order valence-corrected chi connectivity index (χ4v) is 4.58. The number of alkyl halides is 2. The molecule has 0 aromatic carbocycles. The maximum atomic E-state index is 13.7. The van der Waals surface area contributed by atoms with Gasteiger partial charge in [0, 0.05) is 47.6 Å². The molecule has 0 amide bonds. The SMILES string of the molecule is Cc1nc(C2CCC3C(C2)C3(F)F)ncc1Cn1cc(C(=O)O)c2cncnc21. The first-order chi connectivity index (χ1) is 13.9. The lowest BCUT2D eigenvalue weighted by Crippen LogP contribution is -2.13. The summed E-state index contributed by atoms with van der Waals surface area (Å²) < 4.78 is 29.1. The summed E-state index contributed by atoms with van der Waals surface area (Å²) in [5.41, 5.74) is 2.24. The molecule has 0 radical (unpaired) electrons. The highest BCUT2D eigenvalue weighted by atomic mass is 19.3. The van der Waals surface area contributed by atoms with Gasteiger partial charge >= 0.3 is 5.97 Å². The molecule has 0 bridgehead atoms. The maximum absolute atomic E-state index is 13.7. The zero-order valence-corrected chi connectivity index (χ0v) is 15.7. The number of carboxylic acid groups (broad SMARTS) is 1. The quantitative estimate of drug-likeness (QED) is 0.722. The second kappa shape index (κ2) is 6.27. The van der Waals surface area contributed by atoms with Crippen LogP contribution in [0.2, 0.25) is 0 Å². The first-order valence-electron chi connectivity index (χ1n) is 9.58. The summed E-state index contributed by atoms with van der Waals surface area (Å²) in [6.07, 6.45) is 7.77. The molecule has 5 rings (SSSR count). The van der Waals surface area contributed by atoms with Crippen LogP contribution in [0, 0.1) is 18.8 Å². The maximum Gasteiger partial charge on any atom is 0.337 e. The molecule has 0 aliphatic heterocycles. The summed E-state index contributed by atoms with van der Waals surface area (Å²) in [7, 11) is 0. The van der Waals surface area contributed by atoms with Gasteiger partial charge in [-0.15, -0.1) is 0 Å². The number of hydrogen-bond acceptors (Lipinski definition) is 5. The van der Waals surface area contributed by atoms with Crippen molar-refractivity contribution in [1.29, 1.82) is 0 Å². The predicted molar refractivity (Wildman–Crippen MR) is 98.9 cm³/mol. The predicted octanol–water partition coefficient (Wildman–Crippen LogP) is 3.43. The van der Waals surface area contributed by atoms with E-state index in [1.165, 1.54) is 18.7 Å². The molecule has 9 heteroatoms. The molecule has 3 atom stereocenters. The molecule has 0 spiro atoms. The van der Waals surface area contributed by atoms with E-state index < -0.39 is 23.7 Å². The topological polar surface area (TPSA) is 93.8 Å². The third-order valence-electron chi connectivity index (χ3n) is 6.30. The van der Waals surface area contributed by atoms with Crippen molar-refractivity contribution in [2.45, 2.75) is 44.6 Å². The van der Waals surface area contributed by atoms with Crippen LogP contribution in [-0.4, -0.2) is 41.5 Å². The molecule has 0 saturated heterocycles. The summed E-state index contributed by atoms with van der Waals surface area (Å²) in [6, 6.07) is 0. The minimum absolute atomic E-state index is 0.0314. The molecule has 3 aromatic rings. The van der Waals surface area contributed by atoms with Gasteiger partial charge in [0.05, 0.1) is 17.5 Å². The van der Waals surface area contributed by atoms with E-state index in [0.717, 1.165) is 11.3 Å². The van der Waals surface area contributed by atoms with E-state index in [9.17, 15) is 18.7 Å². The molecule has 29 heavy (non-hydrogen) atoms. The van der Waals surface area contributed by atoms with E-state index in [-0.39, 0.29) is 11.5 Å². The van der Waals surface area contributed by atoms with Crippen LogP contribution in [0.25, 0.3) is 11.0 Å². The van der Waals surface area contributed by atoms with E-state index in [4.69, 9.17) is 0 Å².